The average molecular weight is 312 g/mol. The average Bonchev–Trinajstić information content (AvgIpc) is 3.23. The van der Waals surface area contributed by atoms with Gasteiger partial charge in [-0.3, -0.25) is 4.79 Å². The van der Waals surface area contributed by atoms with Crippen molar-refractivity contribution in [1.82, 2.24) is 19.9 Å². The molecule has 1 aromatic carbocycles. The summed E-state index contributed by atoms with van der Waals surface area (Å²) in [5.74, 6) is 0.823. The van der Waals surface area contributed by atoms with Gasteiger partial charge in [-0.25, -0.2) is 9.97 Å². The Labute approximate surface area is 132 Å². The second kappa shape index (κ2) is 7.00. The monoisotopic (exact) mass is 312 g/mol. The molecule has 22 heavy (non-hydrogen) atoms. The highest BCUT2D eigenvalue weighted by Gasteiger charge is 2.07. The van der Waals surface area contributed by atoms with Gasteiger partial charge in [-0.15, -0.1) is 11.3 Å². The van der Waals surface area contributed by atoms with Crippen LogP contribution >= 0.6 is 11.3 Å². The molecule has 0 saturated carbocycles. The Hall–Kier alpha value is -2.47. The molecule has 0 spiro atoms. The summed E-state index contributed by atoms with van der Waals surface area (Å²) < 4.78 is 1.97. The molecule has 6 heteroatoms. The van der Waals surface area contributed by atoms with Crippen LogP contribution in [-0.2, 0) is 17.8 Å². The molecular formula is C16H16N4OS. The van der Waals surface area contributed by atoms with E-state index >= 15 is 0 Å². The molecule has 0 fully saturated rings. The predicted molar refractivity (Wildman–Crippen MR) is 85.8 cm³/mol. The van der Waals surface area contributed by atoms with Crippen LogP contribution in [0.4, 0.5) is 0 Å². The van der Waals surface area contributed by atoms with Crippen molar-refractivity contribution in [3.8, 4) is 5.69 Å². The molecule has 0 aliphatic heterocycles. The minimum absolute atomic E-state index is 0.00983. The molecule has 3 rings (SSSR count). The first kappa shape index (κ1) is 14.5. The first-order chi connectivity index (χ1) is 10.8. The number of aryl methyl sites for hydroxylation is 1. The number of nitrogens with zero attached hydrogens (tertiary/aromatic N) is 3. The Balaban J connectivity index is 1.56. The Morgan fingerprint density at radius 2 is 2.09 bits per heavy atom. The zero-order valence-corrected chi connectivity index (χ0v) is 12.8. The van der Waals surface area contributed by atoms with E-state index < -0.39 is 0 Å². The molecule has 0 atom stereocenters. The SMILES string of the molecule is O=C(CCc1cscn1)NCc1nccn1-c1ccccc1. The number of carbonyl (C=O) groups excluding carboxylic acids is 1. The van der Waals surface area contributed by atoms with Gasteiger partial charge < -0.3 is 9.88 Å². The fourth-order valence-corrected chi connectivity index (χ4v) is 2.75. The molecule has 0 radical (unpaired) electrons. The van der Waals surface area contributed by atoms with Gasteiger partial charge in [-0.05, 0) is 18.6 Å². The highest BCUT2D eigenvalue weighted by molar-refractivity contribution is 7.07. The first-order valence-corrected chi connectivity index (χ1v) is 7.98. The number of rotatable bonds is 6. The van der Waals surface area contributed by atoms with E-state index in [1.165, 1.54) is 0 Å². The fraction of sp³-hybridized carbons (Fsp3) is 0.188. The van der Waals surface area contributed by atoms with E-state index in [1.807, 2.05) is 46.5 Å². The van der Waals surface area contributed by atoms with Crippen LogP contribution in [0.3, 0.4) is 0 Å². The van der Waals surface area contributed by atoms with Gasteiger partial charge >= 0.3 is 0 Å². The van der Waals surface area contributed by atoms with Crippen LogP contribution in [0, 0.1) is 0 Å². The van der Waals surface area contributed by atoms with Gasteiger partial charge in [0.05, 0.1) is 17.7 Å². The minimum Gasteiger partial charge on any atom is -0.349 e. The Bertz CT molecular complexity index is 722. The third kappa shape index (κ3) is 3.59. The first-order valence-electron chi connectivity index (χ1n) is 7.04. The molecule has 1 amide bonds. The molecule has 2 heterocycles. The highest BCUT2D eigenvalue weighted by atomic mass is 32.1. The van der Waals surface area contributed by atoms with Gasteiger partial charge in [0.1, 0.15) is 5.82 Å². The number of para-hydroxylation sites is 1. The second-order valence-corrected chi connectivity index (χ2v) is 5.52. The molecule has 1 N–H and O–H groups in total. The lowest BCUT2D eigenvalue weighted by Gasteiger charge is -2.08. The van der Waals surface area contributed by atoms with Crippen molar-refractivity contribution >= 4 is 17.2 Å². The molecule has 2 aromatic heterocycles. The summed E-state index contributed by atoms with van der Waals surface area (Å²) in [6, 6.07) is 9.95. The molecule has 3 aromatic rings. The number of nitrogens with one attached hydrogen (secondary N) is 1. The Kier molecular flexibility index (Phi) is 4.60. The minimum atomic E-state index is 0.00983. The van der Waals surface area contributed by atoms with Crippen molar-refractivity contribution in [3.05, 3.63) is 65.1 Å². The summed E-state index contributed by atoms with van der Waals surface area (Å²) in [5.41, 5.74) is 3.78. The normalized spacial score (nSPS) is 10.5. The van der Waals surface area contributed by atoms with Crippen LogP contribution in [0.2, 0.25) is 0 Å². The number of thiazole rings is 1. The van der Waals surface area contributed by atoms with Gasteiger partial charge in [-0.1, -0.05) is 18.2 Å². The number of hydrogen-bond acceptors (Lipinski definition) is 4. The number of carbonyl (C=O) groups is 1. The van der Waals surface area contributed by atoms with Gasteiger partial charge in [0, 0.05) is 29.9 Å². The summed E-state index contributed by atoms with van der Waals surface area (Å²) in [7, 11) is 0. The quantitative estimate of drug-likeness (QED) is 0.761. The lowest BCUT2D eigenvalue weighted by Crippen LogP contribution is -2.24. The van der Waals surface area contributed by atoms with Crippen molar-refractivity contribution in [2.45, 2.75) is 19.4 Å². The van der Waals surface area contributed by atoms with Crippen molar-refractivity contribution in [1.29, 1.82) is 0 Å². The van der Waals surface area contributed by atoms with E-state index in [2.05, 4.69) is 15.3 Å². The smallest absolute Gasteiger partial charge is 0.220 e. The Morgan fingerprint density at radius 3 is 2.86 bits per heavy atom. The summed E-state index contributed by atoms with van der Waals surface area (Å²) in [4.78, 5) is 20.4. The maximum Gasteiger partial charge on any atom is 0.220 e. The van der Waals surface area contributed by atoms with Gasteiger partial charge in [-0.2, -0.15) is 0 Å². The van der Waals surface area contributed by atoms with E-state index in [1.54, 1.807) is 23.0 Å². The zero-order chi connectivity index (χ0) is 15.2. The van der Waals surface area contributed by atoms with Crippen LogP contribution in [0.15, 0.2) is 53.6 Å². The fourth-order valence-electron chi connectivity index (χ4n) is 2.16. The molecule has 0 saturated heterocycles. The van der Waals surface area contributed by atoms with Gasteiger partial charge in [0.2, 0.25) is 5.91 Å². The highest BCUT2D eigenvalue weighted by Crippen LogP contribution is 2.10. The van der Waals surface area contributed by atoms with E-state index in [-0.39, 0.29) is 5.91 Å². The third-order valence-electron chi connectivity index (χ3n) is 3.29. The van der Waals surface area contributed by atoms with Crippen molar-refractivity contribution < 1.29 is 4.79 Å². The predicted octanol–water partition coefficient (Wildman–Crippen LogP) is 2.58. The van der Waals surface area contributed by atoms with Crippen molar-refractivity contribution in [2.24, 2.45) is 0 Å². The van der Waals surface area contributed by atoms with Crippen LogP contribution in [0.25, 0.3) is 5.69 Å². The van der Waals surface area contributed by atoms with E-state index in [9.17, 15) is 4.79 Å². The largest absolute Gasteiger partial charge is 0.349 e. The van der Waals surface area contributed by atoms with Crippen molar-refractivity contribution in [2.75, 3.05) is 0 Å². The number of amides is 1. The molecule has 0 unspecified atom stereocenters. The summed E-state index contributed by atoms with van der Waals surface area (Å²) >= 11 is 1.55. The summed E-state index contributed by atoms with van der Waals surface area (Å²) in [6.45, 7) is 0.414. The number of aromatic nitrogens is 3. The van der Waals surface area contributed by atoms with Crippen LogP contribution < -0.4 is 5.32 Å². The number of imidazole rings is 1. The zero-order valence-electron chi connectivity index (χ0n) is 12.0. The number of benzene rings is 1. The molecule has 0 aliphatic rings. The standard InChI is InChI=1S/C16H16N4OS/c21-16(7-6-13-11-22-12-19-13)18-10-15-17-8-9-20(15)14-4-2-1-3-5-14/h1-5,8-9,11-12H,6-7,10H2,(H,18,21). The van der Waals surface area contributed by atoms with Gasteiger partial charge in [0.25, 0.3) is 0 Å². The molecule has 0 aliphatic carbocycles. The van der Waals surface area contributed by atoms with E-state index in [0.29, 0.717) is 19.4 Å². The maximum atomic E-state index is 11.9. The lowest BCUT2D eigenvalue weighted by atomic mass is 10.2. The van der Waals surface area contributed by atoms with Gasteiger partial charge in [0.15, 0.2) is 0 Å². The third-order valence-corrected chi connectivity index (χ3v) is 3.92. The number of hydrogen-bond donors (Lipinski definition) is 1. The second-order valence-electron chi connectivity index (χ2n) is 4.81. The van der Waals surface area contributed by atoms with E-state index in [0.717, 1.165) is 17.2 Å². The topological polar surface area (TPSA) is 59.8 Å². The summed E-state index contributed by atoms with van der Waals surface area (Å²) in [5, 5.41) is 4.88. The molecule has 112 valence electrons. The molecular weight excluding hydrogens is 296 g/mol. The maximum absolute atomic E-state index is 11.9. The Morgan fingerprint density at radius 1 is 1.23 bits per heavy atom. The van der Waals surface area contributed by atoms with Crippen molar-refractivity contribution in [3.63, 3.8) is 0 Å². The van der Waals surface area contributed by atoms with Crippen LogP contribution in [0.5, 0.6) is 0 Å². The van der Waals surface area contributed by atoms with E-state index in [4.69, 9.17) is 0 Å². The molecule has 0 bridgehead atoms. The lowest BCUT2D eigenvalue weighted by molar-refractivity contribution is -0.121. The molecule has 5 nitrogen and oxygen atoms in total. The van der Waals surface area contributed by atoms with Crippen LogP contribution in [-0.4, -0.2) is 20.4 Å². The van der Waals surface area contributed by atoms with Crippen LogP contribution in [0.1, 0.15) is 17.9 Å². The summed E-state index contributed by atoms with van der Waals surface area (Å²) in [6.07, 6.45) is 4.74.